The van der Waals surface area contributed by atoms with Crippen LogP contribution < -0.4 is 10.6 Å². The Morgan fingerprint density at radius 2 is 1.92 bits per heavy atom. The quantitative estimate of drug-likeness (QED) is 0.548. The van der Waals surface area contributed by atoms with Crippen molar-refractivity contribution in [2.75, 3.05) is 39.6 Å². The first-order chi connectivity index (χ1) is 12.5. The minimum absolute atomic E-state index is 0.238. The van der Waals surface area contributed by atoms with Gasteiger partial charge >= 0.3 is 5.97 Å². The van der Waals surface area contributed by atoms with Crippen molar-refractivity contribution in [3.05, 3.63) is 47.9 Å². The van der Waals surface area contributed by atoms with Crippen LogP contribution in [0.2, 0.25) is 0 Å². The number of hydrogen-bond donors (Lipinski definition) is 2. The van der Waals surface area contributed by atoms with Crippen LogP contribution in [0.15, 0.2) is 36.7 Å². The minimum atomic E-state index is -0.449. The number of aromatic nitrogens is 2. The zero-order chi connectivity index (χ0) is 18.9. The van der Waals surface area contributed by atoms with Crippen molar-refractivity contribution in [3.63, 3.8) is 0 Å². The Hall–Kier alpha value is -3.00. The molecule has 8 heteroatoms. The average Bonchev–Trinajstić information content (AvgIpc) is 2.65. The van der Waals surface area contributed by atoms with E-state index in [4.69, 9.17) is 4.74 Å². The molecule has 0 aliphatic carbocycles. The summed E-state index contributed by atoms with van der Waals surface area (Å²) in [6, 6.07) is 6.92. The van der Waals surface area contributed by atoms with Gasteiger partial charge < -0.3 is 20.3 Å². The normalized spacial score (nSPS) is 10.5. The molecule has 0 spiro atoms. The summed E-state index contributed by atoms with van der Waals surface area (Å²) in [6.07, 6.45) is 3.70. The van der Waals surface area contributed by atoms with E-state index in [1.165, 1.54) is 19.5 Å². The van der Waals surface area contributed by atoms with Crippen LogP contribution in [0.4, 0.5) is 11.5 Å². The number of benzene rings is 1. The molecular formula is C18H23N5O3. The summed E-state index contributed by atoms with van der Waals surface area (Å²) in [6.45, 7) is 1.47. The zero-order valence-corrected chi connectivity index (χ0v) is 15.2. The maximum atomic E-state index is 12.0. The third-order valence-corrected chi connectivity index (χ3v) is 3.55. The van der Waals surface area contributed by atoms with Gasteiger partial charge in [0.2, 0.25) is 0 Å². The molecule has 0 aliphatic rings. The smallest absolute Gasteiger partial charge is 0.339 e. The van der Waals surface area contributed by atoms with Gasteiger partial charge in [-0.2, -0.15) is 0 Å². The van der Waals surface area contributed by atoms with Crippen LogP contribution in [0, 0.1) is 0 Å². The predicted molar refractivity (Wildman–Crippen MR) is 98.6 cm³/mol. The lowest BCUT2D eigenvalue weighted by Gasteiger charge is -2.11. The Labute approximate surface area is 152 Å². The summed E-state index contributed by atoms with van der Waals surface area (Å²) >= 11 is 0. The number of rotatable bonds is 8. The van der Waals surface area contributed by atoms with Crippen LogP contribution in [0.1, 0.15) is 27.3 Å². The van der Waals surface area contributed by atoms with E-state index < -0.39 is 5.97 Å². The number of ether oxygens (including phenoxy) is 1. The molecule has 8 nitrogen and oxygen atoms in total. The number of carbonyl (C=O) groups is 2. The molecule has 2 N–H and O–H groups in total. The molecule has 2 aromatic rings. The summed E-state index contributed by atoms with van der Waals surface area (Å²) in [7, 11) is 5.29. The van der Waals surface area contributed by atoms with Gasteiger partial charge in [0.1, 0.15) is 11.5 Å². The van der Waals surface area contributed by atoms with Crippen LogP contribution in [0.5, 0.6) is 0 Å². The van der Waals surface area contributed by atoms with Crippen molar-refractivity contribution in [2.24, 2.45) is 0 Å². The number of hydrogen-bond acceptors (Lipinski definition) is 7. The van der Waals surface area contributed by atoms with E-state index in [9.17, 15) is 9.59 Å². The first-order valence-corrected chi connectivity index (χ1v) is 8.20. The fraction of sp³-hybridized carbons (Fsp3) is 0.333. The van der Waals surface area contributed by atoms with E-state index in [0.29, 0.717) is 23.6 Å². The lowest BCUT2D eigenvalue weighted by molar-refractivity contribution is 0.0601. The van der Waals surface area contributed by atoms with Gasteiger partial charge in [0.15, 0.2) is 0 Å². The second-order valence-corrected chi connectivity index (χ2v) is 5.86. The summed E-state index contributed by atoms with van der Waals surface area (Å²) in [5.41, 5.74) is 1.18. The molecular weight excluding hydrogens is 334 g/mol. The molecule has 0 saturated carbocycles. The molecule has 1 aromatic carbocycles. The van der Waals surface area contributed by atoms with E-state index in [-0.39, 0.29) is 11.6 Å². The molecule has 0 unspecified atom stereocenters. The van der Waals surface area contributed by atoms with Crippen LogP contribution in [0.3, 0.4) is 0 Å². The number of carbonyl (C=O) groups excluding carboxylic acids is 2. The molecule has 0 atom stereocenters. The van der Waals surface area contributed by atoms with Crippen molar-refractivity contribution < 1.29 is 14.3 Å². The van der Waals surface area contributed by atoms with Crippen molar-refractivity contribution in [1.82, 2.24) is 20.2 Å². The highest BCUT2D eigenvalue weighted by Crippen LogP contribution is 2.19. The van der Waals surface area contributed by atoms with E-state index >= 15 is 0 Å². The number of esters is 1. The molecule has 1 heterocycles. The fourth-order valence-corrected chi connectivity index (χ4v) is 2.22. The number of amides is 1. The van der Waals surface area contributed by atoms with E-state index in [0.717, 1.165) is 13.0 Å². The minimum Gasteiger partial charge on any atom is -0.465 e. The number of nitrogens with one attached hydrogen (secondary N) is 2. The van der Waals surface area contributed by atoms with Gasteiger partial charge in [-0.1, -0.05) is 12.1 Å². The summed E-state index contributed by atoms with van der Waals surface area (Å²) in [4.78, 5) is 34.2. The van der Waals surface area contributed by atoms with Gasteiger partial charge in [0.25, 0.3) is 5.91 Å². The molecule has 26 heavy (non-hydrogen) atoms. The van der Waals surface area contributed by atoms with E-state index in [2.05, 4.69) is 25.5 Å². The topological polar surface area (TPSA) is 96.4 Å². The molecule has 0 radical (unpaired) electrons. The van der Waals surface area contributed by atoms with Crippen LogP contribution in [-0.2, 0) is 4.74 Å². The lowest BCUT2D eigenvalue weighted by Crippen LogP contribution is -2.27. The Kier molecular flexibility index (Phi) is 7.04. The maximum absolute atomic E-state index is 12.0. The maximum Gasteiger partial charge on any atom is 0.339 e. The first-order valence-electron chi connectivity index (χ1n) is 8.20. The van der Waals surface area contributed by atoms with Crippen molar-refractivity contribution in [1.29, 1.82) is 0 Å². The second kappa shape index (κ2) is 9.47. The van der Waals surface area contributed by atoms with Crippen LogP contribution in [0.25, 0.3) is 0 Å². The Morgan fingerprint density at radius 3 is 2.58 bits per heavy atom. The van der Waals surface area contributed by atoms with Crippen LogP contribution in [-0.4, -0.2) is 61.0 Å². The Morgan fingerprint density at radius 1 is 1.15 bits per heavy atom. The largest absolute Gasteiger partial charge is 0.465 e. The monoisotopic (exact) mass is 357 g/mol. The second-order valence-electron chi connectivity index (χ2n) is 5.86. The molecule has 0 aliphatic heterocycles. The highest BCUT2D eigenvalue weighted by molar-refractivity contribution is 5.96. The number of anilines is 2. The molecule has 1 aromatic heterocycles. The molecule has 0 bridgehead atoms. The van der Waals surface area contributed by atoms with Crippen molar-refractivity contribution >= 4 is 23.4 Å². The Balaban J connectivity index is 1.98. The van der Waals surface area contributed by atoms with Crippen molar-refractivity contribution in [3.8, 4) is 0 Å². The zero-order valence-electron chi connectivity index (χ0n) is 15.2. The summed E-state index contributed by atoms with van der Waals surface area (Å²) in [5, 5.41) is 5.81. The average molecular weight is 357 g/mol. The van der Waals surface area contributed by atoms with E-state index in [1.807, 2.05) is 14.1 Å². The Bertz CT molecular complexity index is 747. The van der Waals surface area contributed by atoms with Gasteiger partial charge in [0, 0.05) is 6.54 Å². The first kappa shape index (κ1) is 19.3. The van der Waals surface area contributed by atoms with Gasteiger partial charge in [-0.25, -0.2) is 14.8 Å². The molecule has 138 valence electrons. The number of nitrogens with zero attached hydrogens (tertiary/aromatic N) is 3. The van der Waals surface area contributed by atoms with Gasteiger partial charge in [0.05, 0.1) is 30.8 Å². The van der Waals surface area contributed by atoms with Gasteiger partial charge in [-0.05, 0) is 39.2 Å². The molecule has 1 amide bonds. The molecule has 2 rings (SSSR count). The third-order valence-electron chi connectivity index (χ3n) is 3.55. The SMILES string of the molecule is COC(=O)c1ccccc1Nc1cnc(C(=O)NCCCN(C)C)cn1. The van der Waals surface area contributed by atoms with E-state index in [1.54, 1.807) is 24.3 Å². The number of methoxy groups -OCH3 is 1. The van der Waals surface area contributed by atoms with Crippen LogP contribution >= 0.6 is 0 Å². The van der Waals surface area contributed by atoms with Gasteiger partial charge in [-0.3, -0.25) is 4.79 Å². The highest BCUT2D eigenvalue weighted by atomic mass is 16.5. The van der Waals surface area contributed by atoms with Crippen molar-refractivity contribution in [2.45, 2.75) is 6.42 Å². The lowest BCUT2D eigenvalue weighted by atomic mass is 10.2. The predicted octanol–water partition coefficient (Wildman–Crippen LogP) is 1.69. The molecule has 0 saturated heterocycles. The molecule has 0 fully saturated rings. The van der Waals surface area contributed by atoms with Gasteiger partial charge in [-0.15, -0.1) is 0 Å². The highest BCUT2D eigenvalue weighted by Gasteiger charge is 2.12. The third kappa shape index (κ3) is 5.52. The fourth-order valence-electron chi connectivity index (χ4n) is 2.22. The summed E-state index contributed by atoms with van der Waals surface area (Å²) < 4.78 is 4.76. The summed E-state index contributed by atoms with van der Waals surface area (Å²) in [5.74, 6) is -0.293. The standard InChI is InChI=1S/C18H23N5O3/c1-23(2)10-6-9-19-17(24)15-11-21-16(12-20-15)22-14-8-5-4-7-13(14)18(25)26-3/h4-5,7-8,11-12H,6,9-10H2,1-3H3,(H,19,24)(H,21,22). The number of para-hydroxylation sites is 1.